The molecular weight excluding hydrogens is 448 g/mol. The average Bonchev–Trinajstić information content (AvgIpc) is 3.40. The predicted molar refractivity (Wildman–Crippen MR) is 156 cm³/mol. The van der Waals surface area contributed by atoms with Crippen LogP contribution in [0.15, 0.2) is 66.7 Å². The lowest BCUT2D eigenvalue weighted by Crippen LogP contribution is -1.86. The van der Waals surface area contributed by atoms with Crippen molar-refractivity contribution in [2.24, 2.45) is 0 Å². The number of benzene rings is 3. The molecule has 0 aliphatic carbocycles. The molecule has 0 unspecified atom stereocenters. The van der Waals surface area contributed by atoms with E-state index in [1.54, 1.807) is 0 Å². The minimum Gasteiger partial charge on any atom is -0.134 e. The Hall–Kier alpha value is -2.16. The molecule has 0 radical (unpaired) electrons. The molecular formula is C32H36S2. The lowest BCUT2D eigenvalue weighted by Gasteiger charge is -2.04. The SMILES string of the molecule is CCCCCCCCCCCCc1ccc2c(c1)sc1c3ccc(-c4ccccc4)cc3sc21. The van der Waals surface area contributed by atoms with E-state index < -0.39 is 0 Å². The fourth-order valence-electron chi connectivity index (χ4n) is 5.08. The molecule has 0 N–H and O–H groups in total. The first-order valence-corrected chi connectivity index (χ1v) is 14.9. The highest BCUT2D eigenvalue weighted by Crippen LogP contribution is 2.45. The highest BCUT2D eigenvalue weighted by Gasteiger charge is 2.13. The number of rotatable bonds is 12. The van der Waals surface area contributed by atoms with Gasteiger partial charge in [0, 0.05) is 20.2 Å². The molecule has 176 valence electrons. The van der Waals surface area contributed by atoms with Crippen LogP contribution in [0.1, 0.15) is 76.7 Å². The van der Waals surface area contributed by atoms with Gasteiger partial charge in [0.25, 0.3) is 0 Å². The normalized spacial score (nSPS) is 11.8. The van der Waals surface area contributed by atoms with Crippen molar-refractivity contribution < 1.29 is 0 Å². The van der Waals surface area contributed by atoms with E-state index in [0.717, 1.165) is 0 Å². The molecule has 0 spiro atoms. The maximum Gasteiger partial charge on any atom is 0.0542 e. The van der Waals surface area contributed by atoms with Gasteiger partial charge in [-0.2, -0.15) is 0 Å². The summed E-state index contributed by atoms with van der Waals surface area (Å²) in [5.74, 6) is 0. The summed E-state index contributed by atoms with van der Waals surface area (Å²) in [5, 5.41) is 2.85. The topological polar surface area (TPSA) is 0 Å². The largest absolute Gasteiger partial charge is 0.134 e. The maximum absolute atomic E-state index is 2.46. The summed E-state index contributed by atoms with van der Waals surface area (Å²) in [7, 11) is 0. The van der Waals surface area contributed by atoms with Crippen LogP contribution in [0.5, 0.6) is 0 Å². The predicted octanol–water partition coefficient (Wildman–Crippen LogP) is 11.4. The number of hydrogen-bond donors (Lipinski definition) is 0. The van der Waals surface area contributed by atoms with Crippen LogP contribution in [-0.2, 0) is 6.42 Å². The Labute approximate surface area is 212 Å². The minimum absolute atomic E-state index is 1.22. The first-order chi connectivity index (χ1) is 16.8. The third kappa shape index (κ3) is 5.39. The summed E-state index contributed by atoms with van der Waals surface area (Å²) in [4.78, 5) is 0. The molecule has 0 saturated carbocycles. The molecule has 2 aromatic heterocycles. The molecule has 2 heterocycles. The van der Waals surface area contributed by atoms with E-state index in [2.05, 4.69) is 73.7 Å². The molecule has 34 heavy (non-hydrogen) atoms. The lowest BCUT2D eigenvalue weighted by molar-refractivity contribution is 0.556. The van der Waals surface area contributed by atoms with E-state index in [1.165, 1.54) is 117 Å². The van der Waals surface area contributed by atoms with Crippen molar-refractivity contribution in [3.05, 3.63) is 72.3 Å². The van der Waals surface area contributed by atoms with Gasteiger partial charge in [0.1, 0.15) is 0 Å². The van der Waals surface area contributed by atoms with E-state index in [0.29, 0.717) is 0 Å². The third-order valence-electron chi connectivity index (χ3n) is 7.07. The van der Waals surface area contributed by atoms with Crippen molar-refractivity contribution in [3.63, 3.8) is 0 Å². The van der Waals surface area contributed by atoms with E-state index in [1.807, 2.05) is 22.7 Å². The number of fused-ring (bicyclic) bond motifs is 5. The minimum atomic E-state index is 1.22. The third-order valence-corrected chi connectivity index (χ3v) is 9.57. The van der Waals surface area contributed by atoms with Gasteiger partial charge in [0.05, 0.1) is 9.40 Å². The Bertz CT molecular complexity index is 1340. The molecule has 0 fully saturated rings. The highest BCUT2D eigenvalue weighted by atomic mass is 32.1. The van der Waals surface area contributed by atoms with Crippen LogP contribution in [0.4, 0.5) is 0 Å². The Kier molecular flexibility index (Phi) is 7.98. The molecule has 2 heteroatoms. The molecule has 5 rings (SSSR count). The van der Waals surface area contributed by atoms with Crippen molar-refractivity contribution >= 4 is 52.2 Å². The van der Waals surface area contributed by atoms with Gasteiger partial charge in [-0.3, -0.25) is 0 Å². The number of hydrogen-bond acceptors (Lipinski definition) is 2. The molecule has 0 atom stereocenters. The van der Waals surface area contributed by atoms with Crippen LogP contribution in [0.3, 0.4) is 0 Å². The smallest absolute Gasteiger partial charge is 0.0542 e. The van der Waals surface area contributed by atoms with E-state index in [-0.39, 0.29) is 0 Å². The van der Waals surface area contributed by atoms with Gasteiger partial charge in [-0.1, -0.05) is 119 Å². The molecule has 3 aromatic carbocycles. The maximum atomic E-state index is 2.46. The van der Waals surface area contributed by atoms with Crippen LogP contribution in [0.2, 0.25) is 0 Å². The second-order valence-electron chi connectivity index (χ2n) is 9.70. The molecule has 0 aliphatic heterocycles. The van der Waals surface area contributed by atoms with Gasteiger partial charge >= 0.3 is 0 Å². The molecule has 0 nitrogen and oxygen atoms in total. The van der Waals surface area contributed by atoms with Crippen molar-refractivity contribution in [2.45, 2.75) is 77.6 Å². The van der Waals surface area contributed by atoms with Crippen LogP contribution in [0, 0.1) is 0 Å². The number of unbranched alkanes of at least 4 members (excludes halogenated alkanes) is 9. The molecule has 0 bridgehead atoms. The first-order valence-electron chi connectivity index (χ1n) is 13.3. The van der Waals surface area contributed by atoms with E-state index in [9.17, 15) is 0 Å². The van der Waals surface area contributed by atoms with Crippen molar-refractivity contribution in [3.8, 4) is 11.1 Å². The fraction of sp³-hybridized carbons (Fsp3) is 0.375. The summed E-state index contributed by atoms with van der Waals surface area (Å²) in [5.41, 5.74) is 4.12. The summed E-state index contributed by atoms with van der Waals surface area (Å²) in [6.45, 7) is 2.29. The van der Waals surface area contributed by atoms with Gasteiger partial charge in [-0.25, -0.2) is 0 Å². The summed E-state index contributed by atoms with van der Waals surface area (Å²) in [6, 6.07) is 24.9. The van der Waals surface area contributed by atoms with Crippen LogP contribution >= 0.6 is 22.7 Å². The van der Waals surface area contributed by atoms with Gasteiger partial charge in [0.15, 0.2) is 0 Å². The summed E-state index contributed by atoms with van der Waals surface area (Å²) >= 11 is 3.94. The second-order valence-corrected chi connectivity index (χ2v) is 11.8. The Morgan fingerprint density at radius 1 is 0.529 bits per heavy atom. The second kappa shape index (κ2) is 11.5. The Balaban J connectivity index is 1.20. The summed E-state index contributed by atoms with van der Waals surface area (Å²) < 4.78 is 5.79. The zero-order chi connectivity index (χ0) is 23.2. The lowest BCUT2D eigenvalue weighted by atomic mass is 10.0. The Morgan fingerprint density at radius 3 is 1.79 bits per heavy atom. The van der Waals surface area contributed by atoms with E-state index in [4.69, 9.17) is 0 Å². The standard InChI is InChI=1S/C32H36S2/c1-2-3-4-5-6-7-8-9-10-12-15-24-18-20-27-29(22-24)33-32-28-21-19-26(23-30(28)34-31(27)32)25-16-13-11-14-17-25/h11,13-14,16-23H,2-10,12,15H2,1H3. The van der Waals surface area contributed by atoms with Crippen molar-refractivity contribution in [1.29, 1.82) is 0 Å². The van der Waals surface area contributed by atoms with Crippen molar-refractivity contribution in [2.75, 3.05) is 0 Å². The number of aryl methyl sites for hydroxylation is 1. The fourth-order valence-corrected chi connectivity index (χ4v) is 7.84. The highest BCUT2D eigenvalue weighted by molar-refractivity contribution is 7.36. The Morgan fingerprint density at radius 2 is 1.12 bits per heavy atom. The number of thiophene rings is 2. The van der Waals surface area contributed by atoms with Crippen LogP contribution in [0.25, 0.3) is 40.7 Å². The van der Waals surface area contributed by atoms with Crippen molar-refractivity contribution in [1.82, 2.24) is 0 Å². The van der Waals surface area contributed by atoms with Gasteiger partial charge in [-0.15, -0.1) is 22.7 Å². The zero-order valence-corrected chi connectivity index (χ0v) is 22.1. The molecule has 5 aromatic rings. The van der Waals surface area contributed by atoms with Gasteiger partial charge in [-0.05, 0) is 41.7 Å². The van der Waals surface area contributed by atoms with Crippen LogP contribution in [-0.4, -0.2) is 0 Å². The summed E-state index contributed by atoms with van der Waals surface area (Å²) in [6.07, 6.45) is 15.3. The quantitative estimate of drug-likeness (QED) is 0.154. The van der Waals surface area contributed by atoms with Gasteiger partial charge in [0.2, 0.25) is 0 Å². The first kappa shape index (κ1) is 23.6. The van der Waals surface area contributed by atoms with E-state index >= 15 is 0 Å². The van der Waals surface area contributed by atoms with Crippen LogP contribution < -0.4 is 0 Å². The molecule has 0 saturated heterocycles. The molecule has 0 amide bonds. The molecule has 0 aliphatic rings. The average molecular weight is 485 g/mol. The van der Waals surface area contributed by atoms with Gasteiger partial charge < -0.3 is 0 Å². The monoisotopic (exact) mass is 484 g/mol. The zero-order valence-electron chi connectivity index (χ0n) is 20.4.